The van der Waals surface area contributed by atoms with Crippen LogP contribution in [-0.4, -0.2) is 17.4 Å². The zero-order valence-electron chi connectivity index (χ0n) is 12.7. The van der Waals surface area contributed by atoms with Crippen LogP contribution >= 0.6 is 11.3 Å². The highest BCUT2D eigenvalue weighted by Gasteiger charge is 2.33. The minimum Gasteiger partial charge on any atom is -0.448 e. The molecule has 0 unspecified atom stereocenters. The normalized spacial score (nSPS) is 18.0. The van der Waals surface area contributed by atoms with Gasteiger partial charge in [0.25, 0.3) is 5.91 Å². The van der Waals surface area contributed by atoms with E-state index in [4.69, 9.17) is 4.42 Å². The van der Waals surface area contributed by atoms with Crippen LogP contribution in [0, 0.1) is 12.7 Å². The van der Waals surface area contributed by atoms with E-state index in [9.17, 15) is 9.18 Å². The number of carbonyl (C=O) groups is 1. The Morgan fingerprint density at radius 3 is 3.00 bits per heavy atom. The highest BCUT2D eigenvalue weighted by molar-refractivity contribution is 7.08. The number of nitrogens with zero attached hydrogens (tertiary/aromatic N) is 1. The molecule has 0 bridgehead atoms. The van der Waals surface area contributed by atoms with Crippen molar-refractivity contribution in [1.82, 2.24) is 4.90 Å². The molecule has 0 saturated carbocycles. The average Bonchev–Trinajstić information content (AvgIpc) is 3.26. The maximum Gasteiger partial charge on any atom is 0.290 e. The number of hydrogen-bond donors (Lipinski definition) is 0. The van der Waals surface area contributed by atoms with Crippen LogP contribution in [0.3, 0.4) is 0 Å². The van der Waals surface area contributed by atoms with Crippen molar-refractivity contribution < 1.29 is 13.6 Å². The lowest BCUT2D eigenvalue weighted by atomic mass is 10.1. The lowest BCUT2D eigenvalue weighted by Gasteiger charge is -2.23. The Kier molecular flexibility index (Phi) is 3.45. The monoisotopic (exact) mass is 329 g/mol. The third-order valence-electron chi connectivity index (χ3n) is 4.55. The first-order chi connectivity index (χ1) is 11.2. The van der Waals surface area contributed by atoms with E-state index in [0.29, 0.717) is 17.5 Å². The molecule has 4 rings (SSSR count). The van der Waals surface area contributed by atoms with E-state index >= 15 is 0 Å². The van der Waals surface area contributed by atoms with Crippen molar-refractivity contribution in [3.8, 4) is 0 Å². The van der Waals surface area contributed by atoms with Gasteiger partial charge in [0.1, 0.15) is 0 Å². The summed E-state index contributed by atoms with van der Waals surface area (Å²) >= 11 is 1.63. The predicted molar refractivity (Wildman–Crippen MR) is 88.2 cm³/mol. The number of fused-ring (bicyclic) bond motifs is 1. The molecular weight excluding hydrogens is 313 g/mol. The number of hydrogen-bond acceptors (Lipinski definition) is 3. The predicted octanol–water partition coefficient (Wildman–Crippen LogP) is 4.92. The quantitative estimate of drug-likeness (QED) is 0.668. The first kappa shape index (κ1) is 14.5. The molecule has 0 aliphatic carbocycles. The molecule has 1 aromatic carbocycles. The summed E-state index contributed by atoms with van der Waals surface area (Å²) in [5.41, 5.74) is 2.04. The molecule has 0 N–H and O–H groups in total. The molecule has 1 fully saturated rings. The van der Waals surface area contributed by atoms with Gasteiger partial charge in [-0.1, -0.05) is 12.1 Å². The number of aryl methyl sites for hydroxylation is 1. The number of para-hydroxylation sites is 1. The molecule has 1 amide bonds. The molecule has 1 aliphatic rings. The third kappa shape index (κ3) is 2.27. The van der Waals surface area contributed by atoms with Gasteiger partial charge in [-0.15, -0.1) is 0 Å². The number of carbonyl (C=O) groups excluding carboxylic acids is 1. The summed E-state index contributed by atoms with van der Waals surface area (Å²) in [6.45, 7) is 2.52. The molecular formula is C18H16FNO2S. The number of rotatable bonds is 2. The van der Waals surface area contributed by atoms with Gasteiger partial charge in [0.2, 0.25) is 0 Å². The van der Waals surface area contributed by atoms with Gasteiger partial charge in [-0.3, -0.25) is 4.79 Å². The van der Waals surface area contributed by atoms with Crippen molar-refractivity contribution in [2.75, 3.05) is 6.54 Å². The summed E-state index contributed by atoms with van der Waals surface area (Å²) in [6, 6.07) is 6.92. The van der Waals surface area contributed by atoms with Gasteiger partial charge in [0.05, 0.1) is 6.04 Å². The fourth-order valence-corrected chi connectivity index (χ4v) is 4.07. The van der Waals surface area contributed by atoms with Crippen LogP contribution in [-0.2, 0) is 0 Å². The molecule has 0 radical (unpaired) electrons. The second kappa shape index (κ2) is 5.49. The number of benzene rings is 1. The van der Waals surface area contributed by atoms with E-state index in [1.807, 2.05) is 17.2 Å². The van der Waals surface area contributed by atoms with Crippen molar-refractivity contribution in [2.24, 2.45) is 0 Å². The van der Waals surface area contributed by atoms with Gasteiger partial charge in [0, 0.05) is 17.5 Å². The Morgan fingerprint density at radius 2 is 2.26 bits per heavy atom. The van der Waals surface area contributed by atoms with E-state index < -0.39 is 5.82 Å². The van der Waals surface area contributed by atoms with Crippen LogP contribution in [0.2, 0.25) is 0 Å². The van der Waals surface area contributed by atoms with Gasteiger partial charge < -0.3 is 9.32 Å². The van der Waals surface area contributed by atoms with Crippen LogP contribution in [0.25, 0.3) is 11.0 Å². The lowest BCUT2D eigenvalue weighted by Crippen LogP contribution is -2.30. The number of halogens is 1. The number of likely N-dealkylation sites (tertiary alicyclic amines) is 1. The summed E-state index contributed by atoms with van der Waals surface area (Å²) in [5, 5.41) is 4.78. The van der Waals surface area contributed by atoms with Gasteiger partial charge in [-0.25, -0.2) is 4.39 Å². The minimum absolute atomic E-state index is 0.0891. The van der Waals surface area contributed by atoms with Gasteiger partial charge in [0.15, 0.2) is 17.2 Å². The molecule has 1 aliphatic heterocycles. The van der Waals surface area contributed by atoms with E-state index in [2.05, 4.69) is 11.4 Å². The SMILES string of the molecule is Cc1c(C(=O)N2CCC[C@@H]2c2ccsc2)oc2c(F)cccc12. The first-order valence-electron chi connectivity index (χ1n) is 7.67. The molecule has 1 saturated heterocycles. The summed E-state index contributed by atoms with van der Waals surface area (Å²) in [6.07, 6.45) is 1.93. The van der Waals surface area contributed by atoms with Crippen molar-refractivity contribution in [1.29, 1.82) is 0 Å². The number of furan rings is 1. The Hall–Kier alpha value is -2.14. The molecule has 5 heteroatoms. The molecule has 118 valence electrons. The largest absolute Gasteiger partial charge is 0.448 e. The van der Waals surface area contributed by atoms with Crippen LogP contribution in [0.1, 0.15) is 40.6 Å². The Morgan fingerprint density at radius 1 is 1.39 bits per heavy atom. The lowest BCUT2D eigenvalue weighted by molar-refractivity contribution is 0.0704. The van der Waals surface area contributed by atoms with E-state index in [1.165, 1.54) is 11.6 Å². The van der Waals surface area contributed by atoms with Crippen molar-refractivity contribution in [2.45, 2.75) is 25.8 Å². The zero-order chi connectivity index (χ0) is 16.0. The Balaban J connectivity index is 1.74. The van der Waals surface area contributed by atoms with Gasteiger partial charge in [-0.2, -0.15) is 11.3 Å². The summed E-state index contributed by atoms with van der Waals surface area (Å²) < 4.78 is 19.5. The van der Waals surface area contributed by atoms with Crippen molar-refractivity contribution >= 4 is 28.2 Å². The zero-order valence-corrected chi connectivity index (χ0v) is 13.5. The van der Waals surface area contributed by atoms with Crippen molar-refractivity contribution in [3.05, 3.63) is 57.7 Å². The van der Waals surface area contributed by atoms with E-state index in [-0.39, 0.29) is 23.3 Å². The smallest absolute Gasteiger partial charge is 0.290 e. The van der Waals surface area contributed by atoms with Crippen LogP contribution in [0.15, 0.2) is 39.4 Å². The van der Waals surface area contributed by atoms with Gasteiger partial charge in [-0.05, 0) is 48.2 Å². The average molecular weight is 329 g/mol. The fourth-order valence-electron chi connectivity index (χ4n) is 3.36. The fraction of sp³-hybridized carbons (Fsp3) is 0.278. The summed E-state index contributed by atoms with van der Waals surface area (Å²) in [7, 11) is 0. The van der Waals surface area contributed by atoms with Crippen LogP contribution in [0.5, 0.6) is 0 Å². The minimum atomic E-state index is -0.430. The molecule has 3 heterocycles. The maximum absolute atomic E-state index is 13.9. The third-order valence-corrected chi connectivity index (χ3v) is 5.25. The first-order valence-corrected chi connectivity index (χ1v) is 8.62. The Bertz CT molecular complexity index is 869. The molecule has 2 aromatic heterocycles. The number of thiophene rings is 1. The van der Waals surface area contributed by atoms with E-state index in [1.54, 1.807) is 23.5 Å². The maximum atomic E-state index is 13.9. The number of amides is 1. The van der Waals surface area contributed by atoms with E-state index in [0.717, 1.165) is 12.8 Å². The summed E-state index contributed by atoms with van der Waals surface area (Å²) in [5.74, 6) is -0.320. The highest BCUT2D eigenvalue weighted by atomic mass is 32.1. The molecule has 1 atom stereocenters. The Labute approximate surface area is 137 Å². The molecule has 3 nitrogen and oxygen atoms in total. The standard InChI is InChI=1S/C18H16FNO2S/c1-11-13-4-2-5-14(19)17(13)22-16(11)18(21)20-8-3-6-15(20)12-7-9-23-10-12/h2,4-5,7,9-10,15H,3,6,8H2,1H3/t15-/m1/s1. The van der Waals surface area contributed by atoms with Crippen molar-refractivity contribution in [3.63, 3.8) is 0 Å². The topological polar surface area (TPSA) is 33.5 Å². The second-order valence-electron chi connectivity index (χ2n) is 5.89. The molecule has 0 spiro atoms. The second-order valence-corrected chi connectivity index (χ2v) is 6.67. The summed E-state index contributed by atoms with van der Waals surface area (Å²) in [4.78, 5) is 14.8. The molecule has 3 aromatic rings. The van der Waals surface area contributed by atoms with Gasteiger partial charge >= 0.3 is 0 Å². The van der Waals surface area contributed by atoms with Crippen LogP contribution in [0.4, 0.5) is 4.39 Å². The van der Waals surface area contributed by atoms with Crippen LogP contribution < -0.4 is 0 Å². The highest BCUT2D eigenvalue weighted by Crippen LogP contribution is 2.36. The molecule has 23 heavy (non-hydrogen) atoms.